The van der Waals surface area contributed by atoms with Crippen LogP contribution in [0.5, 0.6) is 11.5 Å². The minimum absolute atomic E-state index is 0.513. The molecule has 0 aliphatic heterocycles. The van der Waals surface area contributed by atoms with E-state index >= 15 is 0 Å². The zero-order chi connectivity index (χ0) is 13.8. The Morgan fingerprint density at radius 1 is 1.26 bits per heavy atom. The average Bonchev–Trinajstić information content (AvgIpc) is 2.72. The van der Waals surface area contributed by atoms with Gasteiger partial charge in [0.15, 0.2) is 5.75 Å². The molecule has 0 spiro atoms. The van der Waals surface area contributed by atoms with Crippen molar-refractivity contribution in [2.45, 2.75) is 27.0 Å². The van der Waals surface area contributed by atoms with Crippen LogP contribution < -0.4 is 9.47 Å². The molecule has 2 rings (SSSR count). The van der Waals surface area contributed by atoms with Gasteiger partial charge >= 0.3 is 0 Å². The molecule has 0 amide bonds. The maximum Gasteiger partial charge on any atom is 0.175 e. The van der Waals surface area contributed by atoms with Gasteiger partial charge in [-0.05, 0) is 47.5 Å². The molecule has 0 aliphatic carbocycles. The summed E-state index contributed by atoms with van der Waals surface area (Å²) in [6.07, 6.45) is 0. The fourth-order valence-electron chi connectivity index (χ4n) is 1.79. The third-order valence-corrected chi connectivity index (χ3v) is 3.62. The fourth-order valence-corrected chi connectivity index (χ4v) is 2.52. The second-order valence-electron chi connectivity index (χ2n) is 4.16. The van der Waals surface area contributed by atoms with Gasteiger partial charge in [0.25, 0.3) is 0 Å². The van der Waals surface area contributed by atoms with E-state index in [9.17, 15) is 0 Å². The number of ether oxygens (including phenoxy) is 2. The summed E-state index contributed by atoms with van der Waals surface area (Å²) in [6.45, 7) is 5.32. The van der Waals surface area contributed by atoms with E-state index in [2.05, 4.69) is 21.0 Å². The zero-order valence-corrected chi connectivity index (χ0v) is 12.9. The van der Waals surface area contributed by atoms with Crippen molar-refractivity contribution in [2.75, 3.05) is 7.11 Å². The van der Waals surface area contributed by atoms with Gasteiger partial charge in [-0.15, -0.1) is 0 Å². The van der Waals surface area contributed by atoms with Crippen LogP contribution in [-0.4, -0.2) is 16.9 Å². The van der Waals surface area contributed by atoms with Gasteiger partial charge in [0.2, 0.25) is 0 Å². The fraction of sp³-hybridized carbons (Fsp3) is 0.357. The molecule has 0 fully saturated rings. The minimum atomic E-state index is 0.513. The number of halogens is 1. The monoisotopic (exact) mass is 324 g/mol. The van der Waals surface area contributed by atoms with Gasteiger partial charge in [-0.2, -0.15) is 5.10 Å². The van der Waals surface area contributed by atoms with Crippen molar-refractivity contribution in [3.05, 3.63) is 40.1 Å². The van der Waals surface area contributed by atoms with E-state index in [1.165, 1.54) is 0 Å². The number of methoxy groups -OCH3 is 1. The first kappa shape index (κ1) is 13.9. The van der Waals surface area contributed by atoms with Gasteiger partial charge in [0, 0.05) is 6.54 Å². The van der Waals surface area contributed by atoms with Crippen LogP contribution in [0, 0.1) is 6.92 Å². The predicted molar refractivity (Wildman–Crippen MR) is 77.7 cm³/mol. The maximum atomic E-state index is 5.84. The van der Waals surface area contributed by atoms with Crippen LogP contribution in [0.4, 0.5) is 0 Å². The first-order chi connectivity index (χ1) is 9.15. The third kappa shape index (κ3) is 3.10. The summed E-state index contributed by atoms with van der Waals surface area (Å²) >= 11 is 3.51. The van der Waals surface area contributed by atoms with Crippen molar-refractivity contribution in [3.63, 3.8) is 0 Å². The highest BCUT2D eigenvalue weighted by Crippen LogP contribution is 2.29. The van der Waals surface area contributed by atoms with Crippen LogP contribution in [0.15, 0.2) is 28.9 Å². The highest BCUT2D eigenvalue weighted by molar-refractivity contribution is 9.10. The molecule has 0 N–H and O–H groups in total. The minimum Gasteiger partial charge on any atom is -0.497 e. The van der Waals surface area contributed by atoms with Crippen LogP contribution in [0.25, 0.3) is 0 Å². The summed E-state index contributed by atoms with van der Waals surface area (Å²) in [4.78, 5) is 0. The Labute approximate surface area is 121 Å². The molecule has 1 aromatic heterocycles. The second kappa shape index (κ2) is 6.10. The molecule has 1 aromatic carbocycles. The number of aryl methyl sites for hydroxylation is 2. The van der Waals surface area contributed by atoms with E-state index in [-0.39, 0.29) is 0 Å². The molecule has 0 aliphatic rings. The van der Waals surface area contributed by atoms with Gasteiger partial charge in [0.1, 0.15) is 22.7 Å². The molecule has 19 heavy (non-hydrogen) atoms. The van der Waals surface area contributed by atoms with Gasteiger partial charge < -0.3 is 9.47 Å². The zero-order valence-electron chi connectivity index (χ0n) is 11.3. The van der Waals surface area contributed by atoms with Crippen molar-refractivity contribution < 1.29 is 9.47 Å². The first-order valence-electron chi connectivity index (χ1n) is 6.14. The molecule has 0 radical (unpaired) electrons. The van der Waals surface area contributed by atoms with Crippen molar-refractivity contribution in [1.29, 1.82) is 0 Å². The molecule has 1 heterocycles. The normalized spacial score (nSPS) is 10.5. The van der Waals surface area contributed by atoms with E-state index in [0.29, 0.717) is 6.61 Å². The van der Waals surface area contributed by atoms with E-state index < -0.39 is 0 Å². The Hall–Kier alpha value is -1.49. The summed E-state index contributed by atoms with van der Waals surface area (Å²) < 4.78 is 13.7. The Morgan fingerprint density at radius 3 is 2.47 bits per heavy atom. The molecule has 102 valence electrons. The second-order valence-corrected chi connectivity index (χ2v) is 4.91. The smallest absolute Gasteiger partial charge is 0.175 e. The molecular weight excluding hydrogens is 308 g/mol. The maximum absolute atomic E-state index is 5.84. The van der Waals surface area contributed by atoms with Gasteiger partial charge in [-0.1, -0.05) is 12.1 Å². The summed E-state index contributed by atoms with van der Waals surface area (Å²) in [5.41, 5.74) is 1.98. The lowest BCUT2D eigenvalue weighted by atomic mass is 10.2. The third-order valence-electron chi connectivity index (χ3n) is 2.86. The van der Waals surface area contributed by atoms with Crippen LogP contribution in [0.3, 0.4) is 0 Å². The summed E-state index contributed by atoms with van der Waals surface area (Å²) in [6, 6.07) is 7.84. The topological polar surface area (TPSA) is 36.3 Å². The molecule has 0 saturated heterocycles. The molecule has 4 nitrogen and oxygen atoms in total. The van der Waals surface area contributed by atoms with Gasteiger partial charge in [-0.3, -0.25) is 4.68 Å². The average molecular weight is 325 g/mol. The van der Waals surface area contributed by atoms with Crippen LogP contribution in [0.1, 0.15) is 18.2 Å². The van der Waals surface area contributed by atoms with E-state index in [1.54, 1.807) is 7.11 Å². The molecular formula is C14H17BrN2O2. The number of benzene rings is 1. The lowest BCUT2D eigenvalue weighted by molar-refractivity contribution is 0.301. The summed E-state index contributed by atoms with van der Waals surface area (Å²) in [5.74, 6) is 1.65. The molecule has 2 aromatic rings. The summed E-state index contributed by atoms with van der Waals surface area (Å²) in [5, 5.41) is 4.39. The van der Waals surface area contributed by atoms with E-state index in [4.69, 9.17) is 9.47 Å². The quantitative estimate of drug-likeness (QED) is 0.843. The Bertz CT molecular complexity index is 549. The Balaban J connectivity index is 2.07. The van der Waals surface area contributed by atoms with Crippen molar-refractivity contribution in [2.24, 2.45) is 0 Å². The molecule has 5 heteroatoms. The standard InChI is InChI=1S/C14H17BrN2O2/c1-4-17-14(15)13(10(2)16-17)19-9-11-5-7-12(18-3)8-6-11/h5-8H,4,9H2,1-3H3. The number of nitrogens with zero attached hydrogens (tertiary/aromatic N) is 2. The number of aromatic nitrogens is 2. The van der Waals surface area contributed by atoms with Crippen LogP contribution in [0.2, 0.25) is 0 Å². The van der Waals surface area contributed by atoms with Gasteiger partial charge in [-0.25, -0.2) is 0 Å². The lowest BCUT2D eigenvalue weighted by Gasteiger charge is -2.07. The highest BCUT2D eigenvalue weighted by Gasteiger charge is 2.13. The SMILES string of the molecule is CCn1nc(C)c(OCc2ccc(OC)cc2)c1Br. The first-order valence-corrected chi connectivity index (χ1v) is 6.93. The molecule has 0 unspecified atom stereocenters. The highest BCUT2D eigenvalue weighted by atomic mass is 79.9. The van der Waals surface area contributed by atoms with Crippen molar-refractivity contribution in [3.8, 4) is 11.5 Å². The van der Waals surface area contributed by atoms with E-state index in [1.807, 2.05) is 42.8 Å². The number of hydrogen-bond donors (Lipinski definition) is 0. The van der Waals surface area contributed by atoms with E-state index in [0.717, 1.165) is 33.9 Å². The van der Waals surface area contributed by atoms with Crippen LogP contribution in [-0.2, 0) is 13.2 Å². The van der Waals surface area contributed by atoms with Crippen LogP contribution >= 0.6 is 15.9 Å². The Morgan fingerprint density at radius 2 is 1.95 bits per heavy atom. The lowest BCUT2D eigenvalue weighted by Crippen LogP contribution is -1.98. The Kier molecular flexibility index (Phi) is 4.47. The number of rotatable bonds is 5. The van der Waals surface area contributed by atoms with Gasteiger partial charge in [0.05, 0.1) is 7.11 Å². The largest absolute Gasteiger partial charge is 0.497 e. The number of hydrogen-bond acceptors (Lipinski definition) is 3. The summed E-state index contributed by atoms with van der Waals surface area (Å²) in [7, 11) is 1.66. The molecule has 0 saturated carbocycles. The van der Waals surface area contributed by atoms with Crippen molar-refractivity contribution in [1.82, 2.24) is 9.78 Å². The molecule has 0 bridgehead atoms. The molecule has 0 atom stereocenters. The van der Waals surface area contributed by atoms with Crippen molar-refractivity contribution >= 4 is 15.9 Å². The predicted octanol–water partition coefficient (Wildman–Crippen LogP) is 3.56.